The van der Waals surface area contributed by atoms with Crippen molar-refractivity contribution in [3.05, 3.63) is 0 Å². The van der Waals surface area contributed by atoms with Crippen LogP contribution in [0.15, 0.2) is 0 Å². The largest absolute Gasteiger partial charge is 0.472 e. The predicted molar refractivity (Wildman–Crippen MR) is 418 cm³/mol. The maximum Gasteiger partial charge on any atom is 0.472 e. The van der Waals surface area contributed by atoms with E-state index >= 15 is 0 Å². The average Bonchev–Trinajstić information content (AvgIpc) is 0.979. The molecule has 0 radical (unpaired) electrons. The molecule has 0 rings (SSSR count). The van der Waals surface area contributed by atoms with Gasteiger partial charge in [-0.3, -0.25) is 37.3 Å². The van der Waals surface area contributed by atoms with Gasteiger partial charge in [-0.1, -0.05) is 382 Å². The molecule has 0 aromatic rings. The van der Waals surface area contributed by atoms with Gasteiger partial charge in [0.05, 0.1) is 26.4 Å². The molecule has 0 aromatic carbocycles. The Morgan fingerprint density at radius 2 is 0.500 bits per heavy atom. The number of aliphatic hydroxyl groups excluding tert-OH is 1. The number of phosphoric ester groups is 2. The summed E-state index contributed by atoms with van der Waals surface area (Å²) in [5.41, 5.74) is 0. The number of esters is 4. The van der Waals surface area contributed by atoms with Crippen LogP contribution in [0, 0.1) is 17.8 Å². The molecule has 0 aromatic heterocycles. The molecule has 3 unspecified atom stereocenters. The highest BCUT2D eigenvalue weighted by Gasteiger charge is 2.30. The summed E-state index contributed by atoms with van der Waals surface area (Å²) in [5, 5.41) is 10.7. The molecule has 0 aliphatic heterocycles. The molecule has 3 N–H and O–H groups in total. The molecule has 0 amide bonds. The molecule has 0 bridgehead atoms. The van der Waals surface area contributed by atoms with Crippen LogP contribution < -0.4 is 0 Å². The fourth-order valence-corrected chi connectivity index (χ4v) is 14.4. The van der Waals surface area contributed by atoms with Gasteiger partial charge in [0, 0.05) is 25.7 Å². The zero-order valence-corrected chi connectivity index (χ0v) is 68.9. The SMILES string of the molecule is CCCCCCCCCCCCCCCCCCCCCC(=O)O[C@H](COC(=O)CCCCCCCCCCCCCCCCCC(C)C)COP(=O)(O)OC[C@@H](O)COP(=O)(O)OC[C@@H](COC(=O)CCCCCCCCCCC(C)C)OC(=O)CCCCCCCCCCCCC(C)CC. The second-order valence-electron chi connectivity index (χ2n) is 31.1. The molecule has 0 saturated carbocycles. The monoisotopic (exact) mass is 1490 g/mol. The van der Waals surface area contributed by atoms with Crippen LogP contribution in [0.4, 0.5) is 0 Å². The molecule has 6 atom stereocenters. The van der Waals surface area contributed by atoms with Crippen molar-refractivity contribution in [3.8, 4) is 0 Å². The Bertz CT molecular complexity index is 1980. The lowest BCUT2D eigenvalue weighted by molar-refractivity contribution is -0.161. The number of unbranched alkanes of at least 4 members (excludes halogenated alkanes) is 48. The van der Waals surface area contributed by atoms with Crippen molar-refractivity contribution in [1.82, 2.24) is 0 Å². The van der Waals surface area contributed by atoms with Gasteiger partial charge >= 0.3 is 39.5 Å². The summed E-state index contributed by atoms with van der Waals surface area (Å²) in [7, 11) is -9.92. The van der Waals surface area contributed by atoms with E-state index in [2.05, 4.69) is 48.5 Å². The maximum atomic E-state index is 13.1. The van der Waals surface area contributed by atoms with Gasteiger partial charge in [0.1, 0.15) is 19.3 Å². The van der Waals surface area contributed by atoms with Crippen LogP contribution in [0.1, 0.15) is 434 Å². The lowest BCUT2D eigenvalue weighted by Crippen LogP contribution is -2.30. The summed E-state index contributed by atoms with van der Waals surface area (Å²) in [4.78, 5) is 73.1. The highest BCUT2D eigenvalue weighted by Crippen LogP contribution is 2.45. The zero-order valence-electron chi connectivity index (χ0n) is 67.1. The van der Waals surface area contributed by atoms with Gasteiger partial charge in [-0.2, -0.15) is 0 Å². The van der Waals surface area contributed by atoms with Crippen LogP contribution in [0.25, 0.3) is 0 Å². The first-order chi connectivity index (χ1) is 49.3. The van der Waals surface area contributed by atoms with Gasteiger partial charge in [0.2, 0.25) is 0 Å². The number of carbonyl (C=O) groups excluding carboxylic acids is 4. The molecule has 0 saturated heterocycles. The van der Waals surface area contributed by atoms with Gasteiger partial charge in [-0.05, 0) is 43.4 Å². The van der Waals surface area contributed by atoms with Crippen LogP contribution in [0.5, 0.6) is 0 Å². The number of carbonyl (C=O) groups is 4. The van der Waals surface area contributed by atoms with Gasteiger partial charge < -0.3 is 33.8 Å². The third kappa shape index (κ3) is 74.9. The van der Waals surface area contributed by atoms with E-state index in [-0.39, 0.29) is 25.7 Å². The molecule has 0 aliphatic rings. The topological polar surface area (TPSA) is 237 Å². The van der Waals surface area contributed by atoms with E-state index in [4.69, 9.17) is 37.0 Å². The van der Waals surface area contributed by atoms with Gasteiger partial charge in [-0.15, -0.1) is 0 Å². The predicted octanol–water partition coefficient (Wildman–Crippen LogP) is 24.9. The summed E-state index contributed by atoms with van der Waals surface area (Å²) < 4.78 is 68.8. The molecular weight excluding hydrogens is 1330 g/mol. The highest BCUT2D eigenvalue weighted by molar-refractivity contribution is 7.47. The number of phosphoric acid groups is 2. The summed E-state index contributed by atoms with van der Waals surface area (Å²) in [6.07, 6.45) is 62.4. The Balaban J connectivity index is 5.25. The quantitative estimate of drug-likeness (QED) is 0.0222. The van der Waals surface area contributed by atoms with E-state index in [1.54, 1.807) is 0 Å². The Kier molecular flexibility index (Phi) is 71.8. The van der Waals surface area contributed by atoms with Gasteiger partial charge in [0.15, 0.2) is 12.2 Å². The van der Waals surface area contributed by atoms with E-state index in [1.807, 2.05) is 0 Å². The molecule has 0 aliphatic carbocycles. The molecular formula is C83H162O17P2. The van der Waals surface area contributed by atoms with Crippen LogP contribution >= 0.6 is 15.6 Å². The maximum absolute atomic E-state index is 13.1. The van der Waals surface area contributed by atoms with E-state index < -0.39 is 97.5 Å². The molecule has 0 heterocycles. The van der Waals surface area contributed by atoms with Crippen molar-refractivity contribution in [1.29, 1.82) is 0 Å². The summed E-state index contributed by atoms with van der Waals surface area (Å²) in [5.74, 6) is 0.227. The highest BCUT2D eigenvalue weighted by atomic mass is 31.2. The molecule has 0 fully saturated rings. The fourth-order valence-electron chi connectivity index (χ4n) is 12.8. The number of ether oxygens (including phenoxy) is 4. The minimum atomic E-state index is -4.96. The summed E-state index contributed by atoms with van der Waals surface area (Å²) in [6, 6.07) is 0. The molecule has 102 heavy (non-hydrogen) atoms. The van der Waals surface area contributed by atoms with E-state index in [0.29, 0.717) is 25.7 Å². The van der Waals surface area contributed by atoms with Crippen molar-refractivity contribution < 1.29 is 80.2 Å². The van der Waals surface area contributed by atoms with E-state index in [9.17, 15) is 43.2 Å². The minimum absolute atomic E-state index is 0.106. The number of hydrogen-bond donors (Lipinski definition) is 3. The van der Waals surface area contributed by atoms with Crippen molar-refractivity contribution in [2.75, 3.05) is 39.6 Å². The Labute approximate surface area is 626 Å². The van der Waals surface area contributed by atoms with E-state index in [1.165, 1.54) is 244 Å². The lowest BCUT2D eigenvalue weighted by Gasteiger charge is -2.21. The first-order valence-electron chi connectivity index (χ1n) is 42.9. The zero-order chi connectivity index (χ0) is 75.1. The summed E-state index contributed by atoms with van der Waals surface area (Å²) >= 11 is 0. The number of hydrogen-bond acceptors (Lipinski definition) is 15. The normalized spacial score (nSPS) is 14.2. The van der Waals surface area contributed by atoms with Crippen LogP contribution in [-0.2, 0) is 65.4 Å². The Morgan fingerprint density at radius 3 is 0.745 bits per heavy atom. The molecule has 19 heteroatoms. The smallest absolute Gasteiger partial charge is 0.462 e. The van der Waals surface area contributed by atoms with Gasteiger partial charge in [0.25, 0.3) is 0 Å². The Morgan fingerprint density at radius 1 is 0.284 bits per heavy atom. The standard InChI is InChI=1S/C83H162O17P2/c1-8-10-11-12-13-14-15-16-17-18-19-20-23-27-30-36-45-52-59-66-82(87)99-78(70-93-80(85)64-57-50-43-35-29-26-24-21-22-25-28-33-40-47-54-61-74(3)4)72-97-101(89,90)95-68-77(84)69-96-102(91,92)98-73-79(71-94-81(86)65-58-51-44-39-38-41-48-55-62-75(5)6)100-83(88)67-60-53-46-37-32-31-34-42-49-56-63-76(7)9-2/h74-79,84H,8-73H2,1-7H3,(H,89,90)(H,91,92)/t76?,77-,78-,79-/m1/s1. The van der Waals surface area contributed by atoms with Crippen molar-refractivity contribution in [3.63, 3.8) is 0 Å². The first kappa shape index (κ1) is 100. The van der Waals surface area contributed by atoms with E-state index in [0.717, 1.165) is 108 Å². The number of aliphatic hydroxyl groups is 1. The van der Waals surface area contributed by atoms with Crippen molar-refractivity contribution >= 4 is 39.5 Å². The average molecular weight is 1490 g/mol. The van der Waals surface area contributed by atoms with Gasteiger partial charge in [-0.25, -0.2) is 9.13 Å². The third-order valence-corrected chi connectivity index (χ3v) is 21.6. The molecule has 0 spiro atoms. The lowest BCUT2D eigenvalue weighted by atomic mass is 9.99. The van der Waals surface area contributed by atoms with Crippen LogP contribution in [-0.4, -0.2) is 96.7 Å². The van der Waals surface area contributed by atoms with Crippen molar-refractivity contribution in [2.24, 2.45) is 17.8 Å². The second kappa shape index (κ2) is 73.2. The van der Waals surface area contributed by atoms with Crippen LogP contribution in [0.2, 0.25) is 0 Å². The molecule has 17 nitrogen and oxygen atoms in total. The molecule has 606 valence electrons. The van der Waals surface area contributed by atoms with Crippen LogP contribution in [0.3, 0.4) is 0 Å². The second-order valence-corrected chi connectivity index (χ2v) is 34.0. The van der Waals surface area contributed by atoms with Crippen molar-refractivity contribution in [2.45, 2.75) is 452 Å². The third-order valence-electron chi connectivity index (χ3n) is 19.7. The minimum Gasteiger partial charge on any atom is -0.462 e. The number of rotatable bonds is 81. The fraction of sp³-hybridized carbons (Fsp3) is 0.952. The Hall–Kier alpha value is -1.94. The first-order valence-corrected chi connectivity index (χ1v) is 45.9. The summed E-state index contributed by atoms with van der Waals surface area (Å²) in [6.45, 7) is 12.0.